The standard InChI is InChI=1S/C23H24N6O.C2H6/c1-28-11-13-29(14-12-28)23-22(26-18-9-5-6-10-19(18)27-23)20(16-24)25-21(30)15-17-7-3-2-4-8-17;1-2/h2-10,20H,11-15H2,1H3,(H,25,30);1-2H3. The zero-order valence-corrected chi connectivity index (χ0v) is 19.0. The molecule has 0 saturated carbocycles. The Balaban J connectivity index is 0.00000141. The lowest BCUT2D eigenvalue weighted by atomic mass is 10.1. The molecule has 2 heterocycles. The summed E-state index contributed by atoms with van der Waals surface area (Å²) in [5.74, 6) is 0.459. The number of aromatic nitrogens is 2. The summed E-state index contributed by atoms with van der Waals surface area (Å²) in [7, 11) is 2.09. The van der Waals surface area contributed by atoms with Gasteiger partial charge in [-0.25, -0.2) is 9.97 Å². The normalized spacial score (nSPS) is 14.8. The summed E-state index contributed by atoms with van der Waals surface area (Å²) in [6.07, 6.45) is 0.212. The third kappa shape index (κ3) is 5.59. The number of nitrogens with zero attached hydrogens (tertiary/aromatic N) is 5. The minimum absolute atomic E-state index is 0.212. The first-order valence-electron chi connectivity index (χ1n) is 11.1. The predicted molar refractivity (Wildman–Crippen MR) is 127 cm³/mol. The smallest absolute Gasteiger partial charge is 0.225 e. The van der Waals surface area contributed by atoms with Crippen molar-refractivity contribution in [3.05, 3.63) is 65.9 Å². The summed E-state index contributed by atoms with van der Waals surface area (Å²) >= 11 is 0. The molecule has 1 fully saturated rings. The van der Waals surface area contributed by atoms with Gasteiger partial charge in [0.05, 0.1) is 23.5 Å². The second kappa shape index (κ2) is 11.2. The number of anilines is 1. The van der Waals surface area contributed by atoms with Crippen LogP contribution in [0.5, 0.6) is 0 Å². The van der Waals surface area contributed by atoms with E-state index in [1.54, 1.807) is 0 Å². The number of hydrogen-bond acceptors (Lipinski definition) is 6. The Hall–Kier alpha value is -3.50. The van der Waals surface area contributed by atoms with Crippen molar-refractivity contribution in [3.8, 4) is 6.07 Å². The Morgan fingerprint density at radius 1 is 1.00 bits per heavy atom. The van der Waals surface area contributed by atoms with Gasteiger partial charge in [0.2, 0.25) is 5.91 Å². The molecule has 1 aliphatic heterocycles. The first kappa shape index (κ1) is 23.2. The topological polar surface area (TPSA) is 85.2 Å². The van der Waals surface area contributed by atoms with Crippen LogP contribution in [0, 0.1) is 11.3 Å². The van der Waals surface area contributed by atoms with Crippen molar-refractivity contribution in [2.75, 3.05) is 38.1 Å². The molecule has 1 N–H and O–H groups in total. The van der Waals surface area contributed by atoms with Crippen LogP contribution in [-0.2, 0) is 11.2 Å². The highest BCUT2D eigenvalue weighted by Crippen LogP contribution is 2.26. The number of amides is 1. The lowest BCUT2D eigenvalue weighted by molar-refractivity contribution is -0.120. The van der Waals surface area contributed by atoms with Crippen molar-refractivity contribution in [1.29, 1.82) is 5.26 Å². The highest BCUT2D eigenvalue weighted by molar-refractivity contribution is 5.80. The van der Waals surface area contributed by atoms with Crippen molar-refractivity contribution in [2.24, 2.45) is 0 Å². The fraction of sp³-hybridized carbons (Fsp3) is 0.360. The minimum Gasteiger partial charge on any atom is -0.352 e. The van der Waals surface area contributed by atoms with Crippen LogP contribution in [0.15, 0.2) is 54.6 Å². The molecule has 0 radical (unpaired) electrons. The Morgan fingerprint density at radius 2 is 1.59 bits per heavy atom. The van der Waals surface area contributed by atoms with Crippen LogP contribution in [0.1, 0.15) is 31.1 Å². The van der Waals surface area contributed by atoms with Crippen LogP contribution in [0.25, 0.3) is 11.0 Å². The molecule has 0 spiro atoms. The molecule has 0 bridgehead atoms. The number of carbonyl (C=O) groups is 1. The summed E-state index contributed by atoms with van der Waals surface area (Å²) < 4.78 is 0. The van der Waals surface area contributed by atoms with Crippen LogP contribution in [0.4, 0.5) is 5.82 Å². The number of hydrogen-bond donors (Lipinski definition) is 1. The van der Waals surface area contributed by atoms with Gasteiger partial charge >= 0.3 is 0 Å². The van der Waals surface area contributed by atoms with Gasteiger partial charge in [0.25, 0.3) is 0 Å². The Bertz CT molecular complexity index is 1070. The van der Waals surface area contributed by atoms with Crippen LogP contribution in [-0.4, -0.2) is 54.0 Å². The van der Waals surface area contributed by atoms with Crippen molar-refractivity contribution < 1.29 is 4.79 Å². The van der Waals surface area contributed by atoms with Gasteiger partial charge in [0.15, 0.2) is 11.9 Å². The Labute approximate surface area is 189 Å². The van der Waals surface area contributed by atoms with Crippen LogP contribution in [0.2, 0.25) is 0 Å². The first-order valence-corrected chi connectivity index (χ1v) is 11.1. The number of likely N-dealkylation sites (N-methyl/N-ethyl adjacent to an activating group) is 1. The summed E-state index contributed by atoms with van der Waals surface area (Å²) in [5.41, 5.74) is 2.89. The quantitative estimate of drug-likeness (QED) is 0.668. The molecule has 1 amide bonds. The second-order valence-corrected chi connectivity index (χ2v) is 7.50. The molecular formula is C25H30N6O. The van der Waals surface area contributed by atoms with E-state index in [4.69, 9.17) is 9.97 Å². The van der Waals surface area contributed by atoms with E-state index in [0.29, 0.717) is 17.0 Å². The zero-order valence-electron chi connectivity index (χ0n) is 19.0. The summed E-state index contributed by atoms with van der Waals surface area (Å²) in [6, 6.07) is 18.4. The maximum Gasteiger partial charge on any atom is 0.225 e. The van der Waals surface area contributed by atoms with E-state index in [-0.39, 0.29) is 12.3 Å². The molecule has 166 valence electrons. The van der Waals surface area contributed by atoms with E-state index in [1.807, 2.05) is 68.4 Å². The molecule has 2 aromatic carbocycles. The number of rotatable bonds is 5. The molecule has 4 rings (SSSR count). The molecule has 7 nitrogen and oxygen atoms in total. The van der Waals surface area contributed by atoms with Gasteiger partial charge in [0, 0.05) is 26.2 Å². The number of fused-ring (bicyclic) bond motifs is 1. The van der Waals surface area contributed by atoms with Crippen molar-refractivity contribution in [3.63, 3.8) is 0 Å². The molecule has 3 aromatic rings. The largest absolute Gasteiger partial charge is 0.352 e. The summed E-state index contributed by atoms with van der Waals surface area (Å²) in [4.78, 5) is 26.6. The number of nitriles is 1. The maximum atomic E-state index is 12.6. The molecule has 32 heavy (non-hydrogen) atoms. The highest BCUT2D eigenvalue weighted by atomic mass is 16.1. The fourth-order valence-corrected chi connectivity index (χ4v) is 3.60. The van der Waals surface area contributed by atoms with Crippen LogP contribution in [0.3, 0.4) is 0 Å². The number of nitrogens with one attached hydrogen (secondary N) is 1. The maximum absolute atomic E-state index is 12.6. The van der Waals surface area contributed by atoms with E-state index in [1.165, 1.54) is 0 Å². The molecule has 1 aliphatic rings. The summed E-state index contributed by atoms with van der Waals surface area (Å²) in [6.45, 7) is 7.41. The van der Waals surface area contributed by atoms with Gasteiger partial charge in [-0.3, -0.25) is 4.79 Å². The van der Waals surface area contributed by atoms with Crippen LogP contribution >= 0.6 is 0 Å². The lowest BCUT2D eigenvalue weighted by Crippen LogP contribution is -2.45. The van der Waals surface area contributed by atoms with Gasteiger partial charge < -0.3 is 15.1 Å². The summed E-state index contributed by atoms with van der Waals surface area (Å²) in [5, 5.41) is 12.7. The lowest BCUT2D eigenvalue weighted by Gasteiger charge is -2.34. The molecule has 1 saturated heterocycles. The minimum atomic E-state index is -0.868. The number of para-hydroxylation sites is 2. The Kier molecular flexibility index (Phi) is 8.12. The molecule has 0 aliphatic carbocycles. The molecule has 1 atom stereocenters. The molecular weight excluding hydrogens is 400 g/mol. The second-order valence-electron chi connectivity index (χ2n) is 7.50. The van der Waals surface area contributed by atoms with E-state index in [0.717, 1.165) is 37.3 Å². The van der Waals surface area contributed by atoms with E-state index < -0.39 is 6.04 Å². The number of carbonyl (C=O) groups excluding carboxylic acids is 1. The van der Waals surface area contributed by atoms with Gasteiger partial charge in [0.1, 0.15) is 5.69 Å². The van der Waals surface area contributed by atoms with Crippen LogP contribution < -0.4 is 10.2 Å². The SMILES string of the molecule is CC.CN1CCN(c2nc3ccccc3nc2C(C#N)NC(=O)Cc2ccccc2)CC1. The molecule has 1 unspecified atom stereocenters. The van der Waals surface area contributed by atoms with E-state index in [9.17, 15) is 10.1 Å². The third-order valence-corrected chi connectivity index (χ3v) is 5.30. The first-order chi connectivity index (χ1) is 15.6. The average molecular weight is 431 g/mol. The van der Waals surface area contributed by atoms with Crippen molar-refractivity contribution >= 4 is 22.8 Å². The predicted octanol–water partition coefficient (Wildman–Crippen LogP) is 3.33. The van der Waals surface area contributed by atoms with Crippen molar-refractivity contribution in [2.45, 2.75) is 26.3 Å². The van der Waals surface area contributed by atoms with Crippen molar-refractivity contribution in [1.82, 2.24) is 20.2 Å². The van der Waals surface area contributed by atoms with Gasteiger partial charge in [-0.15, -0.1) is 0 Å². The third-order valence-electron chi connectivity index (χ3n) is 5.30. The van der Waals surface area contributed by atoms with E-state index in [2.05, 4.69) is 28.2 Å². The van der Waals surface area contributed by atoms with Gasteiger partial charge in [-0.05, 0) is 24.7 Å². The van der Waals surface area contributed by atoms with Gasteiger partial charge in [-0.2, -0.15) is 5.26 Å². The number of piperazine rings is 1. The fourth-order valence-electron chi connectivity index (χ4n) is 3.60. The zero-order chi connectivity index (χ0) is 22.9. The Morgan fingerprint density at radius 3 is 2.22 bits per heavy atom. The molecule has 7 heteroatoms. The molecule has 1 aromatic heterocycles. The highest BCUT2D eigenvalue weighted by Gasteiger charge is 2.26. The average Bonchev–Trinajstić information content (AvgIpc) is 2.84. The van der Waals surface area contributed by atoms with E-state index >= 15 is 0 Å². The number of benzene rings is 2. The monoisotopic (exact) mass is 430 g/mol. The van der Waals surface area contributed by atoms with Gasteiger partial charge in [-0.1, -0.05) is 56.3 Å².